The summed E-state index contributed by atoms with van der Waals surface area (Å²) in [4.78, 5) is 30.8. The van der Waals surface area contributed by atoms with Crippen LogP contribution < -0.4 is 5.32 Å². The van der Waals surface area contributed by atoms with Crippen molar-refractivity contribution >= 4 is 12.3 Å². The molecule has 0 radical (unpaired) electrons. The van der Waals surface area contributed by atoms with Crippen LogP contribution in [0.1, 0.15) is 168 Å². The first-order chi connectivity index (χ1) is 43.2. The molecule has 27 atom stereocenters. The molecule has 3 heterocycles. The van der Waals surface area contributed by atoms with Crippen molar-refractivity contribution in [3.05, 3.63) is 118 Å². The van der Waals surface area contributed by atoms with Gasteiger partial charge < -0.3 is 45.1 Å². The number of benzene rings is 3. The molecule has 10 saturated carbocycles. The van der Waals surface area contributed by atoms with Crippen LogP contribution in [0.2, 0.25) is 0 Å². The molecule has 10 nitrogen and oxygen atoms in total. The van der Waals surface area contributed by atoms with Gasteiger partial charge in [-0.25, -0.2) is 4.79 Å². The molecule has 468 valence electrons. The van der Waals surface area contributed by atoms with Gasteiger partial charge in [-0.05, 0) is 245 Å². The monoisotopic (exact) mass is 1200 g/mol. The number of aliphatic hydroxyl groups is 5. The van der Waals surface area contributed by atoms with E-state index >= 15 is 20.1 Å². The third-order valence-electron chi connectivity index (χ3n) is 31.3. The van der Waals surface area contributed by atoms with Gasteiger partial charge >= 0.3 is 5.97 Å². The lowest BCUT2D eigenvalue weighted by Gasteiger charge is -2.78. The van der Waals surface area contributed by atoms with E-state index in [0.717, 1.165) is 74.5 Å². The predicted molar refractivity (Wildman–Crippen MR) is 336 cm³/mol. The van der Waals surface area contributed by atoms with Crippen molar-refractivity contribution in [1.29, 1.82) is 0 Å². The summed E-state index contributed by atoms with van der Waals surface area (Å²) in [6, 6.07) is 26.4. The molecule has 3 aromatic rings. The van der Waals surface area contributed by atoms with E-state index in [0.29, 0.717) is 74.2 Å². The molecule has 19 rings (SSSR count). The van der Waals surface area contributed by atoms with Crippen molar-refractivity contribution < 1.29 is 44.6 Å². The fourth-order valence-electron chi connectivity index (χ4n) is 28.4. The molecular weight excluding hydrogens is 1110 g/mol. The number of ether oxygens (including phenoxy) is 2. The molecule has 19 bridgehead atoms. The minimum absolute atomic E-state index is 0.0418. The molecule has 6 N–H and O–H groups in total. The van der Waals surface area contributed by atoms with Gasteiger partial charge in [0, 0.05) is 70.4 Å². The summed E-state index contributed by atoms with van der Waals surface area (Å²) >= 11 is 0. The highest BCUT2D eigenvalue weighted by Gasteiger charge is 2.91. The molecule has 3 aromatic carbocycles. The van der Waals surface area contributed by atoms with Crippen molar-refractivity contribution in [2.45, 2.75) is 202 Å². The van der Waals surface area contributed by atoms with Crippen molar-refractivity contribution in [1.82, 2.24) is 5.32 Å². The Morgan fingerprint density at radius 3 is 2.39 bits per heavy atom. The van der Waals surface area contributed by atoms with Crippen LogP contribution in [0.5, 0.6) is 0 Å². The Morgan fingerprint density at radius 1 is 0.764 bits per heavy atom. The van der Waals surface area contributed by atoms with Crippen molar-refractivity contribution in [3.63, 3.8) is 0 Å². The number of hydrogen-bond acceptors (Lipinski definition) is 10. The molecule has 11 fully saturated rings. The van der Waals surface area contributed by atoms with Gasteiger partial charge in [-0.3, -0.25) is 0 Å². The molecule has 10 heteroatoms. The smallest absolute Gasteiger partial charge is 0.331 e. The maximum absolute atomic E-state index is 16.4. The number of esters is 1. The second-order valence-corrected chi connectivity index (χ2v) is 33.0. The molecule has 16 aliphatic rings. The Morgan fingerprint density at radius 2 is 1.57 bits per heavy atom. The standard InChI is InChI=1S/C79H93NO9/c1-45-51-21-20-48(31-51)30-46-11-8-12-47(29-46)32-67-59-25-28-72-27-24-57(49-13-4-3-5-14-49)58-19-10-17-53-38-74-26-7-6-15-50-16-9-18-54(41-81)60(50)35-66(80-2)61-34-55(76(74,44-83)65-37-68(84)89-69(61)65)40-78(74,86)77(85)39-56-33-52(45)22-23-62-71(88-67)75(72,64(59)36-63(58)72)42-73(43-82,70(53)77)79(56,62)87/h3-5,8-9,11-14,16,18,29,37,43,45,48,51-53,55-59,61-64,66-67,69-71,80-81,83,85-87H,7,19-28,30-36,38-42,44H2,1-2H3/t45-,48-,51-,52+,53-,55-,56+,57+,58-,59+,61-,62-,63-,64-,66+,67+,69+,70-,71-,72-,73+,74-,75-,76-,77+,78-,79+/m1/s1. The summed E-state index contributed by atoms with van der Waals surface area (Å²) in [5, 5.41) is 74.6. The van der Waals surface area contributed by atoms with E-state index in [4.69, 9.17) is 9.47 Å². The zero-order valence-corrected chi connectivity index (χ0v) is 52.4. The van der Waals surface area contributed by atoms with Crippen LogP contribution in [0.3, 0.4) is 0 Å². The Balaban J connectivity index is 0.898. The second kappa shape index (κ2) is 19.7. The highest BCUT2D eigenvalue weighted by molar-refractivity contribution is 5.87. The number of likely N-dealkylation sites (N-methyl/N-ethyl adjacent to an activating group) is 1. The molecule has 0 amide bonds. The number of rotatable bonds is 5. The quantitative estimate of drug-likeness (QED) is 0.0823. The maximum atomic E-state index is 16.4. The van der Waals surface area contributed by atoms with Crippen LogP contribution in [-0.4, -0.2) is 92.6 Å². The molecule has 0 unspecified atom stereocenters. The van der Waals surface area contributed by atoms with Gasteiger partial charge in [0.15, 0.2) is 0 Å². The number of aliphatic hydroxyl groups excluding tert-OH is 2. The topological polar surface area (TPSA) is 166 Å². The SMILES string of the molecule is CN[C@H]1Cc2c(cccc2CO)C#CCC[C@]23C[C@H]4C#CC[C@H]5[C@H]6C[C@@H]7[C@@H]8CC[C@@]6(CC[C@H]5c5ccccc5)[C@]75C[C@]6(C=O)[C@@H]4[C@@](O)(C[C@@H]4C[C@@H]7CC[C@H]([C@H]5O[C@H]8Cc5cccc(c5)C[C@H]5CC[C@H](C5)[C@H]7C)[C@@]46O)[C@@]2(O)C[C@H]2C[C@H]1[C@@H]1OC(=O)C=C1[C@@]23CO. The first-order valence-corrected chi connectivity index (χ1v) is 35.5. The van der Waals surface area contributed by atoms with E-state index in [-0.39, 0.29) is 97.6 Å². The lowest BCUT2D eigenvalue weighted by Crippen LogP contribution is -2.85. The van der Waals surface area contributed by atoms with Gasteiger partial charge in [-0.15, -0.1) is 5.92 Å². The Labute approximate surface area is 526 Å². The fourth-order valence-corrected chi connectivity index (χ4v) is 28.4. The normalized spacial score (nSPS) is 51.1. The summed E-state index contributed by atoms with van der Waals surface area (Å²) in [5.41, 5.74) is -2.88. The van der Waals surface area contributed by atoms with Gasteiger partial charge in [0.2, 0.25) is 0 Å². The molecule has 1 saturated heterocycles. The number of hydrogen-bond donors (Lipinski definition) is 6. The summed E-state index contributed by atoms with van der Waals surface area (Å²) in [6.07, 6.45) is 17.9. The van der Waals surface area contributed by atoms with E-state index in [1.165, 1.54) is 42.2 Å². The Bertz CT molecular complexity index is 3600. The summed E-state index contributed by atoms with van der Waals surface area (Å²) in [7, 11) is 1.94. The van der Waals surface area contributed by atoms with Crippen LogP contribution >= 0.6 is 0 Å². The van der Waals surface area contributed by atoms with Crippen LogP contribution in [0.15, 0.2) is 84.4 Å². The van der Waals surface area contributed by atoms with E-state index in [1.807, 2.05) is 25.2 Å². The average molecular weight is 1200 g/mol. The zero-order valence-electron chi connectivity index (χ0n) is 52.4. The van der Waals surface area contributed by atoms with Crippen molar-refractivity contribution in [3.8, 4) is 23.7 Å². The van der Waals surface area contributed by atoms with Gasteiger partial charge in [0.05, 0.1) is 42.0 Å². The first kappa shape index (κ1) is 57.1. The van der Waals surface area contributed by atoms with E-state index < -0.39 is 74.2 Å². The molecule has 3 spiro atoms. The third-order valence-corrected chi connectivity index (χ3v) is 31.3. The van der Waals surface area contributed by atoms with E-state index in [9.17, 15) is 15.0 Å². The minimum atomic E-state index is -1.99. The zero-order chi connectivity index (χ0) is 60.4. The number of aldehydes is 1. The van der Waals surface area contributed by atoms with Gasteiger partial charge in [-0.2, -0.15) is 0 Å². The molecule has 13 aliphatic carbocycles. The van der Waals surface area contributed by atoms with Gasteiger partial charge in [-0.1, -0.05) is 91.4 Å². The lowest BCUT2D eigenvalue weighted by molar-refractivity contribution is -0.392. The first-order valence-electron chi connectivity index (χ1n) is 35.5. The number of fused-ring (bicyclic) bond motifs is 12. The highest BCUT2D eigenvalue weighted by atomic mass is 16.5. The maximum Gasteiger partial charge on any atom is 0.331 e. The molecular formula is C79H93NO9. The number of carbonyl (C=O) groups excluding carboxylic acids is 2. The fraction of sp³-hybridized carbons (Fsp3) is 0.671. The largest absolute Gasteiger partial charge is 0.454 e. The Kier molecular flexibility index (Phi) is 12.6. The van der Waals surface area contributed by atoms with E-state index in [2.05, 4.69) is 90.5 Å². The van der Waals surface area contributed by atoms with Crippen LogP contribution in [0.25, 0.3) is 0 Å². The van der Waals surface area contributed by atoms with Crippen molar-refractivity contribution in [2.75, 3.05) is 13.7 Å². The highest BCUT2D eigenvalue weighted by Crippen LogP contribution is 2.88. The minimum Gasteiger partial charge on any atom is -0.454 e. The lowest BCUT2D eigenvalue weighted by atomic mass is 9.28. The number of nitrogens with one attached hydrogen (secondary N) is 1. The second-order valence-electron chi connectivity index (χ2n) is 33.0. The predicted octanol–water partition coefficient (Wildman–Crippen LogP) is 10.4. The Hall–Kier alpha value is -4.62. The van der Waals surface area contributed by atoms with Crippen LogP contribution in [-0.2, 0) is 44.9 Å². The van der Waals surface area contributed by atoms with Crippen molar-refractivity contribution in [2.24, 2.45) is 110 Å². The van der Waals surface area contributed by atoms with Crippen LogP contribution in [0.4, 0.5) is 0 Å². The summed E-state index contributed by atoms with van der Waals surface area (Å²) < 4.78 is 14.9. The van der Waals surface area contributed by atoms with Crippen LogP contribution in [0, 0.1) is 134 Å². The third kappa shape index (κ3) is 6.97. The molecule has 0 aromatic heterocycles. The van der Waals surface area contributed by atoms with Gasteiger partial charge in [0.1, 0.15) is 18.0 Å². The van der Waals surface area contributed by atoms with E-state index in [1.54, 1.807) is 6.08 Å². The number of carbonyl (C=O) groups is 2. The molecule has 3 aliphatic heterocycles. The summed E-state index contributed by atoms with van der Waals surface area (Å²) in [6.45, 7) is 1.97. The molecule has 89 heavy (non-hydrogen) atoms. The average Bonchev–Trinajstić information content (AvgIpc) is 1.59. The summed E-state index contributed by atoms with van der Waals surface area (Å²) in [5.74, 6) is 14.4. The van der Waals surface area contributed by atoms with Gasteiger partial charge in [0.25, 0.3) is 0 Å².